The van der Waals surface area contributed by atoms with Crippen molar-refractivity contribution in [1.29, 1.82) is 0 Å². The number of carbonyl (C=O) groups excluding carboxylic acids is 2. The Morgan fingerprint density at radius 3 is 2.40 bits per heavy atom. The topological polar surface area (TPSA) is 64.6 Å². The molecule has 1 rings (SSSR count). The van der Waals surface area contributed by atoms with Gasteiger partial charge >= 0.3 is 5.97 Å². The summed E-state index contributed by atoms with van der Waals surface area (Å²) in [4.78, 5) is 22.9. The third kappa shape index (κ3) is 5.30. The van der Waals surface area contributed by atoms with E-state index in [1.54, 1.807) is 14.0 Å². The van der Waals surface area contributed by atoms with E-state index in [0.29, 0.717) is 6.61 Å². The van der Waals surface area contributed by atoms with Crippen LogP contribution in [0.4, 0.5) is 0 Å². The highest BCUT2D eigenvalue weighted by Crippen LogP contribution is 2.17. The molecule has 0 saturated heterocycles. The summed E-state index contributed by atoms with van der Waals surface area (Å²) >= 11 is 0. The summed E-state index contributed by atoms with van der Waals surface area (Å²) in [5.74, 6) is 0.260. The normalized spacial score (nSPS) is 11.6. The number of hydrogen-bond acceptors (Lipinski definition) is 4. The van der Waals surface area contributed by atoms with E-state index in [1.807, 2.05) is 31.2 Å². The second-order valence-corrected chi connectivity index (χ2v) is 4.37. The van der Waals surface area contributed by atoms with E-state index in [0.717, 1.165) is 11.3 Å². The van der Waals surface area contributed by atoms with Crippen LogP contribution >= 0.6 is 0 Å². The quantitative estimate of drug-likeness (QED) is 0.777. The maximum absolute atomic E-state index is 11.7. The van der Waals surface area contributed by atoms with Crippen molar-refractivity contribution in [3.63, 3.8) is 0 Å². The van der Waals surface area contributed by atoms with E-state index < -0.39 is 0 Å². The van der Waals surface area contributed by atoms with Gasteiger partial charge in [0.2, 0.25) is 5.91 Å². The highest BCUT2D eigenvalue weighted by molar-refractivity contribution is 5.81. The Labute approximate surface area is 119 Å². The lowest BCUT2D eigenvalue weighted by atomic mass is 10.1. The highest BCUT2D eigenvalue weighted by atomic mass is 16.5. The van der Waals surface area contributed by atoms with Crippen molar-refractivity contribution in [2.24, 2.45) is 0 Å². The summed E-state index contributed by atoms with van der Waals surface area (Å²) in [7, 11) is 1.61. The minimum atomic E-state index is -0.347. The molecule has 0 aliphatic rings. The van der Waals surface area contributed by atoms with E-state index in [1.165, 1.54) is 0 Å². The molecule has 20 heavy (non-hydrogen) atoms. The first-order valence-corrected chi connectivity index (χ1v) is 6.65. The summed E-state index contributed by atoms with van der Waals surface area (Å²) in [6.45, 7) is 3.97. The third-order valence-corrected chi connectivity index (χ3v) is 2.85. The van der Waals surface area contributed by atoms with E-state index in [2.05, 4.69) is 5.32 Å². The molecule has 0 aromatic heterocycles. The lowest BCUT2D eigenvalue weighted by Crippen LogP contribution is -2.27. The first-order chi connectivity index (χ1) is 9.56. The van der Waals surface area contributed by atoms with E-state index in [9.17, 15) is 9.59 Å². The van der Waals surface area contributed by atoms with Gasteiger partial charge in [-0.1, -0.05) is 12.1 Å². The number of esters is 1. The van der Waals surface area contributed by atoms with Gasteiger partial charge < -0.3 is 14.8 Å². The number of rotatable bonds is 7. The van der Waals surface area contributed by atoms with Gasteiger partial charge in [0.05, 0.1) is 26.2 Å². The molecule has 1 aromatic carbocycles. The molecule has 1 aromatic rings. The Morgan fingerprint density at radius 2 is 1.85 bits per heavy atom. The molecule has 0 aliphatic heterocycles. The Balaban J connectivity index is 2.42. The molecule has 0 bridgehead atoms. The van der Waals surface area contributed by atoms with Crippen LogP contribution in [0.1, 0.15) is 38.3 Å². The van der Waals surface area contributed by atoms with Crippen molar-refractivity contribution in [3.05, 3.63) is 29.8 Å². The summed E-state index contributed by atoms with van der Waals surface area (Å²) in [5.41, 5.74) is 0.982. The monoisotopic (exact) mass is 279 g/mol. The Hall–Kier alpha value is -2.04. The van der Waals surface area contributed by atoms with Crippen LogP contribution in [0, 0.1) is 0 Å². The molecule has 1 N–H and O–H groups in total. The standard InChI is InChI=1S/C15H21NO4/c1-4-20-15(18)10-9-14(17)16-11(2)12-5-7-13(19-3)8-6-12/h5-8,11H,4,9-10H2,1-3H3,(H,16,17). The Kier molecular flexibility index (Phi) is 6.56. The van der Waals surface area contributed by atoms with Crippen molar-refractivity contribution < 1.29 is 19.1 Å². The smallest absolute Gasteiger partial charge is 0.306 e. The summed E-state index contributed by atoms with van der Waals surface area (Å²) in [5, 5.41) is 2.84. The van der Waals surface area contributed by atoms with Gasteiger partial charge in [-0.25, -0.2) is 0 Å². The van der Waals surface area contributed by atoms with Gasteiger partial charge in [0.1, 0.15) is 5.75 Å². The van der Waals surface area contributed by atoms with Crippen LogP contribution in [0.2, 0.25) is 0 Å². The van der Waals surface area contributed by atoms with Crippen LogP contribution in [-0.2, 0) is 14.3 Å². The van der Waals surface area contributed by atoms with Crippen LogP contribution in [0.25, 0.3) is 0 Å². The molecule has 1 unspecified atom stereocenters. The summed E-state index contributed by atoms with van der Waals surface area (Å²) < 4.78 is 9.85. The molecule has 5 heteroatoms. The summed E-state index contributed by atoms with van der Waals surface area (Å²) in [6, 6.07) is 7.37. The van der Waals surface area contributed by atoms with Gasteiger partial charge in [-0.2, -0.15) is 0 Å². The van der Waals surface area contributed by atoms with Gasteiger partial charge in [0.25, 0.3) is 0 Å². The molecule has 0 saturated carbocycles. The Morgan fingerprint density at radius 1 is 1.20 bits per heavy atom. The average Bonchev–Trinajstić information content (AvgIpc) is 2.45. The molecular formula is C15H21NO4. The third-order valence-electron chi connectivity index (χ3n) is 2.85. The second kappa shape index (κ2) is 8.19. The van der Waals surface area contributed by atoms with Crippen molar-refractivity contribution in [1.82, 2.24) is 5.32 Å². The fourth-order valence-corrected chi connectivity index (χ4v) is 1.74. The number of benzene rings is 1. The number of amides is 1. The second-order valence-electron chi connectivity index (χ2n) is 4.37. The van der Waals surface area contributed by atoms with E-state index >= 15 is 0 Å². The fraction of sp³-hybridized carbons (Fsp3) is 0.467. The first-order valence-electron chi connectivity index (χ1n) is 6.65. The number of ether oxygens (including phenoxy) is 2. The predicted octanol–water partition coefficient (Wildman–Crippen LogP) is 2.22. The molecule has 5 nitrogen and oxygen atoms in total. The van der Waals surface area contributed by atoms with Gasteiger partial charge in [-0.3, -0.25) is 9.59 Å². The largest absolute Gasteiger partial charge is 0.497 e. The molecule has 0 heterocycles. The number of carbonyl (C=O) groups is 2. The van der Waals surface area contributed by atoms with E-state index in [-0.39, 0.29) is 30.8 Å². The van der Waals surface area contributed by atoms with Crippen LogP contribution in [0.5, 0.6) is 5.75 Å². The average molecular weight is 279 g/mol. The minimum Gasteiger partial charge on any atom is -0.497 e. The molecular weight excluding hydrogens is 258 g/mol. The van der Waals surface area contributed by atoms with Gasteiger partial charge in [0.15, 0.2) is 0 Å². The Bertz CT molecular complexity index is 442. The molecule has 1 amide bonds. The summed E-state index contributed by atoms with van der Waals surface area (Å²) in [6.07, 6.45) is 0.244. The minimum absolute atomic E-state index is 0.106. The lowest BCUT2D eigenvalue weighted by molar-refractivity contribution is -0.144. The van der Waals surface area contributed by atoms with E-state index in [4.69, 9.17) is 9.47 Å². The number of methoxy groups -OCH3 is 1. The van der Waals surface area contributed by atoms with Crippen LogP contribution in [-0.4, -0.2) is 25.6 Å². The molecule has 1 atom stereocenters. The first kappa shape index (κ1) is 16.0. The van der Waals surface area contributed by atoms with Crippen molar-refractivity contribution >= 4 is 11.9 Å². The zero-order valence-electron chi connectivity index (χ0n) is 12.1. The van der Waals surface area contributed by atoms with Crippen LogP contribution < -0.4 is 10.1 Å². The van der Waals surface area contributed by atoms with Crippen molar-refractivity contribution in [2.75, 3.05) is 13.7 Å². The molecule has 0 aliphatic carbocycles. The van der Waals surface area contributed by atoms with Gasteiger partial charge in [-0.15, -0.1) is 0 Å². The fourth-order valence-electron chi connectivity index (χ4n) is 1.74. The maximum atomic E-state index is 11.7. The predicted molar refractivity (Wildman–Crippen MR) is 75.4 cm³/mol. The zero-order valence-corrected chi connectivity index (χ0v) is 12.1. The van der Waals surface area contributed by atoms with Gasteiger partial charge in [-0.05, 0) is 31.5 Å². The molecule has 0 radical (unpaired) electrons. The van der Waals surface area contributed by atoms with Crippen molar-refractivity contribution in [2.45, 2.75) is 32.7 Å². The SMILES string of the molecule is CCOC(=O)CCC(=O)NC(C)c1ccc(OC)cc1. The number of hydrogen-bond donors (Lipinski definition) is 1. The number of nitrogens with one attached hydrogen (secondary N) is 1. The highest BCUT2D eigenvalue weighted by Gasteiger charge is 2.11. The van der Waals surface area contributed by atoms with Crippen LogP contribution in [0.15, 0.2) is 24.3 Å². The maximum Gasteiger partial charge on any atom is 0.306 e. The van der Waals surface area contributed by atoms with Gasteiger partial charge in [0, 0.05) is 6.42 Å². The van der Waals surface area contributed by atoms with Crippen LogP contribution in [0.3, 0.4) is 0 Å². The molecule has 0 spiro atoms. The molecule has 0 fully saturated rings. The molecule has 110 valence electrons. The lowest BCUT2D eigenvalue weighted by Gasteiger charge is -2.14. The van der Waals surface area contributed by atoms with Crippen molar-refractivity contribution in [3.8, 4) is 5.75 Å². The zero-order chi connectivity index (χ0) is 15.0.